The van der Waals surface area contributed by atoms with Gasteiger partial charge in [0.1, 0.15) is 5.76 Å². The SMILES string of the molecule is CCCOc1cccc2c(C3CC3)c(CNCC)oc12. The Balaban J connectivity index is 2.02. The summed E-state index contributed by atoms with van der Waals surface area (Å²) >= 11 is 0. The monoisotopic (exact) mass is 273 g/mol. The van der Waals surface area contributed by atoms with Crippen LogP contribution in [0.5, 0.6) is 5.75 Å². The lowest BCUT2D eigenvalue weighted by molar-refractivity contribution is 0.315. The van der Waals surface area contributed by atoms with E-state index in [9.17, 15) is 0 Å². The van der Waals surface area contributed by atoms with Gasteiger partial charge in [-0.2, -0.15) is 0 Å². The highest BCUT2D eigenvalue weighted by Gasteiger charge is 2.31. The Morgan fingerprint density at radius 1 is 1.30 bits per heavy atom. The molecule has 3 nitrogen and oxygen atoms in total. The van der Waals surface area contributed by atoms with Gasteiger partial charge in [-0.15, -0.1) is 0 Å². The van der Waals surface area contributed by atoms with Crippen LogP contribution in [-0.4, -0.2) is 13.2 Å². The summed E-state index contributed by atoms with van der Waals surface area (Å²) in [7, 11) is 0. The van der Waals surface area contributed by atoms with Crippen molar-refractivity contribution >= 4 is 11.0 Å². The number of hydrogen-bond donors (Lipinski definition) is 1. The molecule has 0 radical (unpaired) electrons. The molecule has 0 amide bonds. The van der Waals surface area contributed by atoms with Gasteiger partial charge >= 0.3 is 0 Å². The molecule has 1 aliphatic carbocycles. The quantitative estimate of drug-likeness (QED) is 0.820. The normalized spacial score (nSPS) is 14.9. The second-order valence-corrected chi connectivity index (χ2v) is 5.47. The summed E-state index contributed by atoms with van der Waals surface area (Å²) in [5.74, 6) is 2.66. The van der Waals surface area contributed by atoms with Gasteiger partial charge in [-0.05, 0) is 37.8 Å². The molecule has 0 aliphatic heterocycles. The van der Waals surface area contributed by atoms with Gasteiger partial charge in [-0.3, -0.25) is 0 Å². The van der Waals surface area contributed by atoms with E-state index in [0.29, 0.717) is 5.92 Å². The van der Waals surface area contributed by atoms with E-state index in [1.54, 1.807) is 0 Å². The molecule has 3 rings (SSSR count). The lowest BCUT2D eigenvalue weighted by Crippen LogP contribution is -2.12. The third-order valence-corrected chi connectivity index (χ3v) is 3.78. The Morgan fingerprint density at radius 3 is 2.85 bits per heavy atom. The van der Waals surface area contributed by atoms with E-state index in [1.165, 1.54) is 23.8 Å². The first-order chi connectivity index (χ1) is 9.85. The van der Waals surface area contributed by atoms with Crippen molar-refractivity contribution in [1.29, 1.82) is 0 Å². The standard InChI is InChI=1S/C17H23NO2/c1-3-10-19-14-7-5-6-13-16(12-8-9-12)15(11-18-4-2)20-17(13)14/h5-7,12,18H,3-4,8-11H2,1-2H3. The number of hydrogen-bond acceptors (Lipinski definition) is 3. The van der Waals surface area contributed by atoms with Gasteiger partial charge in [-0.25, -0.2) is 0 Å². The summed E-state index contributed by atoms with van der Waals surface area (Å²) in [5, 5.41) is 4.62. The molecule has 0 saturated heterocycles. The number of nitrogens with one attached hydrogen (secondary N) is 1. The van der Waals surface area contributed by atoms with E-state index >= 15 is 0 Å². The number of para-hydroxylation sites is 1. The summed E-state index contributed by atoms with van der Waals surface area (Å²) < 4.78 is 12.0. The third kappa shape index (κ3) is 2.55. The van der Waals surface area contributed by atoms with Crippen LogP contribution in [0.2, 0.25) is 0 Å². The highest BCUT2D eigenvalue weighted by atomic mass is 16.5. The third-order valence-electron chi connectivity index (χ3n) is 3.78. The molecule has 1 aromatic carbocycles. The highest BCUT2D eigenvalue weighted by molar-refractivity contribution is 5.88. The van der Waals surface area contributed by atoms with E-state index in [0.717, 1.165) is 43.2 Å². The molecule has 0 atom stereocenters. The Morgan fingerprint density at radius 2 is 2.15 bits per heavy atom. The van der Waals surface area contributed by atoms with Crippen LogP contribution in [0.3, 0.4) is 0 Å². The van der Waals surface area contributed by atoms with E-state index in [-0.39, 0.29) is 0 Å². The maximum Gasteiger partial charge on any atom is 0.176 e. The lowest BCUT2D eigenvalue weighted by atomic mass is 10.1. The minimum Gasteiger partial charge on any atom is -0.490 e. The van der Waals surface area contributed by atoms with E-state index in [4.69, 9.17) is 9.15 Å². The van der Waals surface area contributed by atoms with Gasteiger partial charge < -0.3 is 14.5 Å². The van der Waals surface area contributed by atoms with Crippen molar-refractivity contribution in [3.63, 3.8) is 0 Å². The molecular formula is C17H23NO2. The molecule has 1 saturated carbocycles. The van der Waals surface area contributed by atoms with E-state index < -0.39 is 0 Å². The second kappa shape index (κ2) is 5.88. The molecule has 0 unspecified atom stereocenters. The fourth-order valence-electron chi connectivity index (χ4n) is 2.68. The maximum atomic E-state index is 6.14. The molecular weight excluding hydrogens is 250 g/mol. The van der Waals surface area contributed by atoms with Crippen molar-refractivity contribution in [2.45, 2.75) is 45.6 Å². The zero-order valence-electron chi connectivity index (χ0n) is 12.4. The smallest absolute Gasteiger partial charge is 0.176 e. The number of ether oxygens (including phenoxy) is 1. The Hall–Kier alpha value is -1.48. The lowest BCUT2D eigenvalue weighted by Gasteiger charge is -2.04. The predicted octanol–water partition coefficient (Wildman–Crippen LogP) is 4.21. The Kier molecular flexibility index (Phi) is 3.97. The van der Waals surface area contributed by atoms with Crippen molar-refractivity contribution in [1.82, 2.24) is 5.32 Å². The van der Waals surface area contributed by atoms with Gasteiger partial charge in [0.05, 0.1) is 13.2 Å². The first-order valence-electron chi connectivity index (χ1n) is 7.73. The molecule has 1 heterocycles. The number of benzene rings is 1. The molecule has 1 N–H and O–H groups in total. The van der Waals surface area contributed by atoms with Crippen LogP contribution in [-0.2, 0) is 6.54 Å². The van der Waals surface area contributed by atoms with Crippen LogP contribution in [0, 0.1) is 0 Å². The Bertz CT molecular complexity index is 584. The van der Waals surface area contributed by atoms with E-state index in [1.807, 2.05) is 6.07 Å². The average molecular weight is 273 g/mol. The fourth-order valence-corrected chi connectivity index (χ4v) is 2.68. The predicted molar refractivity (Wildman–Crippen MR) is 81.4 cm³/mol. The van der Waals surface area contributed by atoms with Crippen molar-refractivity contribution in [3.05, 3.63) is 29.5 Å². The summed E-state index contributed by atoms with van der Waals surface area (Å²) in [6, 6.07) is 6.25. The van der Waals surface area contributed by atoms with Crippen molar-refractivity contribution in [2.75, 3.05) is 13.2 Å². The number of furan rings is 1. The van der Waals surface area contributed by atoms with Crippen LogP contribution in [0.4, 0.5) is 0 Å². The van der Waals surface area contributed by atoms with Gasteiger partial charge in [0.25, 0.3) is 0 Å². The highest BCUT2D eigenvalue weighted by Crippen LogP contribution is 2.47. The molecule has 0 spiro atoms. The summed E-state index contributed by atoms with van der Waals surface area (Å²) in [5.41, 5.74) is 2.33. The van der Waals surface area contributed by atoms with Crippen LogP contribution < -0.4 is 10.1 Å². The first-order valence-corrected chi connectivity index (χ1v) is 7.73. The maximum absolute atomic E-state index is 6.14. The van der Waals surface area contributed by atoms with Gasteiger partial charge in [0.15, 0.2) is 11.3 Å². The Labute approximate surface area is 120 Å². The fraction of sp³-hybridized carbons (Fsp3) is 0.529. The van der Waals surface area contributed by atoms with Crippen LogP contribution in [0.25, 0.3) is 11.0 Å². The van der Waals surface area contributed by atoms with Crippen molar-refractivity contribution in [3.8, 4) is 5.75 Å². The molecule has 3 heteroatoms. The minimum atomic E-state index is 0.686. The molecule has 20 heavy (non-hydrogen) atoms. The molecule has 108 valence electrons. The summed E-state index contributed by atoms with van der Waals surface area (Å²) in [6.45, 7) is 6.75. The zero-order valence-corrected chi connectivity index (χ0v) is 12.4. The van der Waals surface area contributed by atoms with Crippen molar-refractivity contribution < 1.29 is 9.15 Å². The zero-order chi connectivity index (χ0) is 13.9. The number of fused-ring (bicyclic) bond motifs is 1. The van der Waals surface area contributed by atoms with Gasteiger partial charge in [0, 0.05) is 10.9 Å². The van der Waals surface area contributed by atoms with Gasteiger partial charge in [0.2, 0.25) is 0 Å². The van der Waals surface area contributed by atoms with Crippen LogP contribution in [0.1, 0.15) is 50.4 Å². The number of rotatable bonds is 7. The molecule has 0 bridgehead atoms. The van der Waals surface area contributed by atoms with Crippen LogP contribution >= 0.6 is 0 Å². The topological polar surface area (TPSA) is 34.4 Å². The second-order valence-electron chi connectivity index (χ2n) is 5.47. The summed E-state index contributed by atoms with van der Waals surface area (Å²) in [6.07, 6.45) is 3.58. The minimum absolute atomic E-state index is 0.686. The molecule has 2 aromatic rings. The van der Waals surface area contributed by atoms with E-state index in [2.05, 4.69) is 31.3 Å². The summed E-state index contributed by atoms with van der Waals surface area (Å²) in [4.78, 5) is 0. The average Bonchev–Trinajstić information content (AvgIpc) is 3.23. The van der Waals surface area contributed by atoms with Crippen LogP contribution in [0.15, 0.2) is 22.6 Å². The molecule has 1 fully saturated rings. The first kappa shape index (κ1) is 13.5. The molecule has 1 aromatic heterocycles. The largest absolute Gasteiger partial charge is 0.490 e. The van der Waals surface area contributed by atoms with Crippen molar-refractivity contribution in [2.24, 2.45) is 0 Å². The van der Waals surface area contributed by atoms with Gasteiger partial charge in [-0.1, -0.05) is 26.0 Å². The molecule has 1 aliphatic rings.